The molecule has 2 aromatic rings. The van der Waals surface area contributed by atoms with Crippen molar-refractivity contribution in [2.24, 2.45) is 0 Å². The summed E-state index contributed by atoms with van der Waals surface area (Å²) in [7, 11) is 0. The summed E-state index contributed by atoms with van der Waals surface area (Å²) >= 11 is 0. The summed E-state index contributed by atoms with van der Waals surface area (Å²) in [5.74, 6) is 0. The molecular weight excluding hydrogens is 186 g/mol. The van der Waals surface area contributed by atoms with Gasteiger partial charge in [-0.3, -0.25) is 0 Å². The van der Waals surface area contributed by atoms with Crippen LogP contribution in [-0.2, 0) is 0 Å². The molecule has 1 aromatic heterocycles. The molecule has 0 spiro atoms. The number of rotatable bonds is 2. The maximum atomic E-state index is 5.94. The lowest BCUT2D eigenvalue weighted by molar-refractivity contribution is 0.605. The van der Waals surface area contributed by atoms with Gasteiger partial charge in [-0.15, -0.1) is 0 Å². The molecule has 3 heteroatoms. The van der Waals surface area contributed by atoms with Crippen LogP contribution in [0.5, 0.6) is 0 Å². The van der Waals surface area contributed by atoms with Gasteiger partial charge < -0.3 is 10.3 Å². The number of imidazole rings is 1. The largest absolute Gasteiger partial charge is 0.398 e. The van der Waals surface area contributed by atoms with Crippen molar-refractivity contribution in [3.63, 3.8) is 0 Å². The second-order valence-electron chi connectivity index (χ2n) is 3.87. The quantitative estimate of drug-likeness (QED) is 0.759. The van der Waals surface area contributed by atoms with Crippen molar-refractivity contribution in [1.29, 1.82) is 0 Å². The molecule has 1 heterocycles. The highest BCUT2D eigenvalue weighted by molar-refractivity contribution is 5.73. The van der Waals surface area contributed by atoms with Gasteiger partial charge in [-0.2, -0.15) is 0 Å². The summed E-state index contributed by atoms with van der Waals surface area (Å²) in [6, 6.07) is 8.25. The molecule has 0 atom stereocenters. The number of nitrogens with two attached hydrogens (primary N) is 1. The van der Waals surface area contributed by atoms with E-state index in [0.717, 1.165) is 16.9 Å². The molecule has 0 aliphatic carbocycles. The van der Waals surface area contributed by atoms with Crippen LogP contribution in [0.15, 0.2) is 36.8 Å². The molecule has 0 aliphatic heterocycles. The van der Waals surface area contributed by atoms with Crippen molar-refractivity contribution in [2.75, 3.05) is 5.73 Å². The number of para-hydroxylation sites is 1. The lowest BCUT2D eigenvalue weighted by atomic mass is 10.1. The maximum Gasteiger partial charge on any atom is 0.0953 e. The van der Waals surface area contributed by atoms with E-state index < -0.39 is 0 Å². The van der Waals surface area contributed by atoms with Gasteiger partial charge in [0.1, 0.15) is 0 Å². The SMILES string of the molecule is CC(C)n1cncc1-c1ccccc1N. The van der Waals surface area contributed by atoms with E-state index in [1.54, 1.807) is 0 Å². The topological polar surface area (TPSA) is 43.8 Å². The fourth-order valence-electron chi connectivity index (χ4n) is 1.66. The molecule has 15 heavy (non-hydrogen) atoms. The molecule has 0 unspecified atom stereocenters. The van der Waals surface area contributed by atoms with Crippen molar-refractivity contribution in [3.8, 4) is 11.3 Å². The van der Waals surface area contributed by atoms with Gasteiger partial charge in [0, 0.05) is 17.3 Å². The normalized spacial score (nSPS) is 10.9. The van der Waals surface area contributed by atoms with Gasteiger partial charge in [0.2, 0.25) is 0 Å². The number of aromatic nitrogens is 2. The van der Waals surface area contributed by atoms with Crippen molar-refractivity contribution in [2.45, 2.75) is 19.9 Å². The number of benzene rings is 1. The van der Waals surface area contributed by atoms with E-state index in [-0.39, 0.29) is 0 Å². The van der Waals surface area contributed by atoms with Crippen LogP contribution in [0.3, 0.4) is 0 Å². The first-order valence-electron chi connectivity index (χ1n) is 5.07. The minimum atomic E-state index is 0.391. The highest BCUT2D eigenvalue weighted by Crippen LogP contribution is 2.26. The van der Waals surface area contributed by atoms with Crippen LogP contribution in [0.25, 0.3) is 11.3 Å². The van der Waals surface area contributed by atoms with Crippen molar-refractivity contribution in [3.05, 3.63) is 36.8 Å². The van der Waals surface area contributed by atoms with Crippen LogP contribution in [0.4, 0.5) is 5.69 Å². The molecule has 1 aromatic carbocycles. The number of hydrogen-bond acceptors (Lipinski definition) is 2. The number of hydrogen-bond donors (Lipinski definition) is 1. The minimum absolute atomic E-state index is 0.391. The highest BCUT2D eigenvalue weighted by Gasteiger charge is 2.09. The monoisotopic (exact) mass is 201 g/mol. The van der Waals surface area contributed by atoms with E-state index >= 15 is 0 Å². The Labute approximate surface area is 89.6 Å². The number of nitrogen functional groups attached to an aromatic ring is 1. The minimum Gasteiger partial charge on any atom is -0.398 e. The summed E-state index contributed by atoms with van der Waals surface area (Å²) < 4.78 is 2.12. The molecule has 2 N–H and O–H groups in total. The van der Waals surface area contributed by atoms with Crippen LogP contribution in [0.1, 0.15) is 19.9 Å². The molecule has 0 amide bonds. The molecule has 2 rings (SSSR count). The van der Waals surface area contributed by atoms with Gasteiger partial charge in [-0.25, -0.2) is 4.98 Å². The molecule has 0 bridgehead atoms. The molecule has 0 radical (unpaired) electrons. The van der Waals surface area contributed by atoms with E-state index in [0.29, 0.717) is 6.04 Å². The first-order valence-corrected chi connectivity index (χ1v) is 5.07. The Kier molecular flexibility index (Phi) is 2.46. The van der Waals surface area contributed by atoms with Gasteiger partial charge in [0.05, 0.1) is 18.2 Å². The van der Waals surface area contributed by atoms with Crippen LogP contribution < -0.4 is 5.73 Å². The molecule has 0 saturated carbocycles. The molecule has 0 saturated heterocycles. The van der Waals surface area contributed by atoms with Gasteiger partial charge in [-0.05, 0) is 19.9 Å². The second-order valence-corrected chi connectivity index (χ2v) is 3.87. The van der Waals surface area contributed by atoms with Gasteiger partial charge in [0.25, 0.3) is 0 Å². The Balaban J connectivity index is 2.55. The predicted octanol–water partition coefficient (Wildman–Crippen LogP) is 2.71. The smallest absolute Gasteiger partial charge is 0.0953 e. The average Bonchev–Trinajstić information content (AvgIpc) is 2.67. The number of nitrogens with zero attached hydrogens (tertiary/aromatic N) is 2. The summed E-state index contributed by atoms with van der Waals surface area (Å²) in [5.41, 5.74) is 8.85. The van der Waals surface area contributed by atoms with Crippen molar-refractivity contribution >= 4 is 5.69 Å². The number of anilines is 1. The fraction of sp³-hybridized carbons (Fsp3) is 0.250. The Hall–Kier alpha value is -1.77. The lowest BCUT2D eigenvalue weighted by Crippen LogP contribution is -2.02. The summed E-state index contributed by atoms with van der Waals surface area (Å²) in [5, 5.41) is 0. The highest BCUT2D eigenvalue weighted by atomic mass is 15.1. The van der Waals surface area contributed by atoms with Crippen molar-refractivity contribution < 1.29 is 0 Å². The predicted molar refractivity (Wildman–Crippen MR) is 62.5 cm³/mol. The van der Waals surface area contributed by atoms with Crippen LogP contribution in [0, 0.1) is 0 Å². The first-order chi connectivity index (χ1) is 7.20. The standard InChI is InChI=1S/C12H15N3/c1-9(2)15-8-14-7-12(15)10-5-3-4-6-11(10)13/h3-9H,13H2,1-2H3. The van der Waals surface area contributed by atoms with Gasteiger partial charge in [0.15, 0.2) is 0 Å². The maximum absolute atomic E-state index is 5.94. The third-order valence-electron chi connectivity index (χ3n) is 2.46. The van der Waals surface area contributed by atoms with E-state index in [9.17, 15) is 0 Å². The lowest BCUT2D eigenvalue weighted by Gasteiger charge is -2.12. The van der Waals surface area contributed by atoms with E-state index in [1.165, 1.54) is 0 Å². The van der Waals surface area contributed by atoms with Gasteiger partial charge >= 0.3 is 0 Å². The van der Waals surface area contributed by atoms with Crippen LogP contribution >= 0.6 is 0 Å². The second kappa shape index (κ2) is 3.77. The van der Waals surface area contributed by atoms with Gasteiger partial charge in [-0.1, -0.05) is 18.2 Å². The molecule has 3 nitrogen and oxygen atoms in total. The van der Waals surface area contributed by atoms with Crippen molar-refractivity contribution in [1.82, 2.24) is 9.55 Å². The molecular formula is C12H15N3. The Morgan fingerprint density at radius 1 is 1.27 bits per heavy atom. The van der Waals surface area contributed by atoms with E-state index in [2.05, 4.69) is 23.4 Å². The van der Waals surface area contributed by atoms with Crippen LogP contribution in [-0.4, -0.2) is 9.55 Å². The summed E-state index contributed by atoms with van der Waals surface area (Å²) in [6.07, 6.45) is 3.69. The molecule has 0 aliphatic rings. The zero-order valence-corrected chi connectivity index (χ0v) is 9.01. The fourth-order valence-corrected chi connectivity index (χ4v) is 1.66. The van der Waals surface area contributed by atoms with E-state index in [1.807, 2.05) is 36.8 Å². The van der Waals surface area contributed by atoms with E-state index in [4.69, 9.17) is 5.73 Å². The first kappa shape index (κ1) is 9.77. The van der Waals surface area contributed by atoms with Crippen LogP contribution in [0.2, 0.25) is 0 Å². The Bertz CT molecular complexity index is 457. The Morgan fingerprint density at radius 2 is 2.00 bits per heavy atom. The summed E-state index contributed by atoms with van der Waals surface area (Å²) in [4.78, 5) is 4.17. The Morgan fingerprint density at radius 3 is 2.67 bits per heavy atom. The summed E-state index contributed by atoms with van der Waals surface area (Å²) in [6.45, 7) is 4.26. The third kappa shape index (κ3) is 1.73. The zero-order valence-electron chi connectivity index (χ0n) is 9.01. The molecule has 0 fully saturated rings. The molecule has 78 valence electrons. The zero-order chi connectivity index (χ0) is 10.8. The third-order valence-corrected chi connectivity index (χ3v) is 2.46. The average molecular weight is 201 g/mol.